The lowest BCUT2D eigenvalue weighted by Gasteiger charge is -2.47. The molecule has 1 amide bonds. The van der Waals surface area contributed by atoms with Crippen LogP contribution in [0.15, 0.2) is 11.3 Å². The molecule has 14 heavy (non-hydrogen) atoms. The summed E-state index contributed by atoms with van der Waals surface area (Å²) in [6, 6.07) is -0.539. The zero-order valence-electron chi connectivity index (χ0n) is 7.56. The third kappa shape index (κ3) is 1.07. The minimum atomic E-state index is -1.05. The van der Waals surface area contributed by atoms with E-state index in [0.717, 1.165) is 5.57 Å². The van der Waals surface area contributed by atoms with Gasteiger partial charge in [-0.1, -0.05) is 0 Å². The Bertz CT molecular complexity index is 352. The van der Waals surface area contributed by atoms with Gasteiger partial charge in [0.1, 0.15) is 17.1 Å². The van der Waals surface area contributed by atoms with E-state index in [2.05, 4.69) is 0 Å². The standard InChI is InChI=1S/C8H10N2O3S/c1-3-2-14-7-4(9)6(11)10(7)5(3)8(12)13/h4,7H,2,9H2,1H3,(H,12,13)/t4-,7?/m0/s1. The number of hydrogen-bond acceptors (Lipinski definition) is 4. The predicted molar refractivity (Wildman–Crippen MR) is 51.4 cm³/mol. The van der Waals surface area contributed by atoms with Gasteiger partial charge in [-0.3, -0.25) is 9.69 Å². The second-order valence-corrected chi connectivity index (χ2v) is 4.47. The highest BCUT2D eigenvalue weighted by molar-refractivity contribution is 8.00. The van der Waals surface area contributed by atoms with Crippen molar-refractivity contribution in [3.63, 3.8) is 0 Å². The van der Waals surface area contributed by atoms with Crippen LogP contribution in [0.2, 0.25) is 0 Å². The number of carbonyl (C=O) groups excluding carboxylic acids is 1. The van der Waals surface area contributed by atoms with Gasteiger partial charge in [0.15, 0.2) is 0 Å². The second kappa shape index (κ2) is 2.99. The summed E-state index contributed by atoms with van der Waals surface area (Å²) < 4.78 is 0. The van der Waals surface area contributed by atoms with Crippen molar-refractivity contribution in [3.8, 4) is 0 Å². The molecule has 0 aromatic carbocycles. The molecule has 0 aromatic heterocycles. The van der Waals surface area contributed by atoms with E-state index in [4.69, 9.17) is 10.8 Å². The van der Waals surface area contributed by atoms with Crippen LogP contribution in [0.5, 0.6) is 0 Å². The molecule has 2 atom stereocenters. The molecule has 0 aliphatic carbocycles. The fourth-order valence-electron chi connectivity index (χ4n) is 1.67. The van der Waals surface area contributed by atoms with Crippen molar-refractivity contribution >= 4 is 23.6 Å². The first-order valence-electron chi connectivity index (χ1n) is 4.17. The molecule has 5 nitrogen and oxygen atoms in total. The van der Waals surface area contributed by atoms with E-state index in [9.17, 15) is 9.59 Å². The molecule has 0 bridgehead atoms. The van der Waals surface area contributed by atoms with Gasteiger partial charge < -0.3 is 10.8 Å². The monoisotopic (exact) mass is 214 g/mol. The molecular weight excluding hydrogens is 204 g/mol. The fourth-order valence-corrected chi connectivity index (χ4v) is 2.91. The summed E-state index contributed by atoms with van der Waals surface area (Å²) in [4.78, 5) is 23.5. The van der Waals surface area contributed by atoms with Gasteiger partial charge in [0.25, 0.3) is 0 Å². The third-order valence-electron chi connectivity index (χ3n) is 2.40. The van der Waals surface area contributed by atoms with E-state index in [1.807, 2.05) is 0 Å². The van der Waals surface area contributed by atoms with Crippen molar-refractivity contribution in [3.05, 3.63) is 11.3 Å². The molecule has 1 unspecified atom stereocenters. The highest BCUT2D eigenvalue weighted by Gasteiger charge is 2.51. The van der Waals surface area contributed by atoms with Crippen molar-refractivity contribution in [2.45, 2.75) is 18.3 Å². The van der Waals surface area contributed by atoms with Crippen LogP contribution in [-0.2, 0) is 9.59 Å². The van der Waals surface area contributed by atoms with Crippen LogP contribution in [-0.4, -0.2) is 39.1 Å². The summed E-state index contributed by atoms with van der Waals surface area (Å²) >= 11 is 1.51. The summed E-state index contributed by atoms with van der Waals surface area (Å²) in [6.07, 6.45) is 0. The van der Waals surface area contributed by atoms with Gasteiger partial charge in [-0.05, 0) is 12.5 Å². The Hall–Kier alpha value is -1.01. The molecule has 2 aliphatic heterocycles. The van der Waals surface area contributed by atoms with Crippen LogP contribution in [0.3, 0.4) is 0 Å². The Morgan fingerprint density at radius 3 is 2.93 bits per heavy atom. The Balaban J connectivity index is 2.37. The Morgan fingerprint density at radius 2 is 2.36 bits per heavy atom. The van der Waals surface area contributed by atoms with E-state index in [1.165, 1.54) is 16.7 Å². The molecule has 0 aromatic rings. The van der Waals surface area contributed by atoms with E-state index >= 15 is 0 Å². The molecule has 0 saturated carbocycles. The Kier molecular flexibility index (Phi) is 2.04. The predicted octanol–water partition coefficient (Wildman–Crippen LogP) is -0.413. The highest BCUT2D eigenvalue weighted by Crippen LogP contribution is 2.38. The normalized spacial score (nSPS) is 31.3. The Morgan fingerprint density at radius 1 is 1.71 bits per heavy atom. The number of β-lactam (4-membered cyclic amide) rings is 1. The maximum atomic E-state index is 11.3. The first kappa shape index (κ1) is 9.54. The van der Waals surface area contributed by atoms with Gasteiger partial charge in [0, 0.05) is 5.75 Å². The van der Waals surface area contributed by atoms with Crippen LogP contribution in [0, 0.1) is 0 Å². The van der Waals surface area contributed by atoms with Crippen LogP contribution in [0.1, 0.15) is 6.92 Å². The number of carboxylic acids is 1. The lowest BCUT2D eigenvalue weighted by atomic mass is 10.0. The van der Waals surface area contributed by atoms with Gasteiger partial charge >= 0.3 is 5.97 Å². The lowest BCUT2D eigenvalue weighted by Crippen LogP contribution is -2.68. The number of rotatable bonds is 1. The zero-order chi connectivity index (χ0) is 10.5. The summed E-state index contributed by atoms with van der Waals surface area (Å²) in [5.41, 5.74) is 6.39. The molecule has 2 heterocycles. The smallest absolute Gasteiger partial charge is 0.352 e. The summed E-state index contributed by atoms with van der Waals surface area (Å²) in [6.45, 7) is 1.73. The number of hydrogen-bond donors (Lipinski definition) is 2. The van der Waals surface area contributed by atoms with E-state index < -0.39 is 12.0 Å². The van der Waals surface area contributed by atoms with Crippen LogP contribution < -0.4 is 5.73 Å². The maximum absolute atomic E-state index is 11.3. The van der Waals surface area contributed by atoms with Crippen LogP contribution >= 0.6 is 11.8 Å². The first-order valence-corrected chi connectivity index (χ1v) is 5.22. The molecule has 2 aliphatic rings. The molecule has 1 fully saturated rings. The molecule has 76 valence electrons. The van der Waals surface area contributed by atoms with Crippen molar-refractivity contribution in [1.82, 2.24) is 4.90 Å². The average Bonchev–Trinajstić information content (AvgIpc) is 2.15. The number of amides is 1. The highest BCUT2D eigenvalue weighted by atomic mass is 32.2. The number of thioether (sulfide) groups is 1. The number of carboxylic acid groups (broad SMARTS) is 1. The van der Waals surface area contributed by atoms with Crippen molar-refractivity contribution < 1.29 is 14.7 Å². The van der Waals surface area contributed by atoms with Gasteiger partial charge in [0.2, 0.25) is 5.91 Å². The number of carbonyl (C=O) groups is 2. The van der Waals surface area contributed by atoms with Gasteiger partial charge in [-0.25, -0.2) is 4.79 Å². The van der Waals surface area contributed by atoms with E-state index in [1.54, 1.807) is 6.92 Å². The van der Waals surface area contributed by atoms with Gasteiger partial charge in [0.05, 0.1) is 0 Å². The van der Waals surface area contributed by atoms with Crippen LogP contribution in [0.25, 0.3) is 0 Å². The summed E-state index contributed by atoms with van der Waals surface area (Å²) in [5.74, 6) is -0.712. The molecule has 3 N–H and O–H groups in total. The zero-order valence-corrected chi connectivity index (χ0v) is 8.37. The summed E-state index contributed by atoms with van der Waals surface area (Å²) in [7, 11) is 0. The number of nitrogens with two attached hydrogens (primary N) is 1. The topological polar surface area (TPSA) is 83.6 Å². The van der Waals surface area contributed by atoms with E-state index in [0.29, 0.717) is 5.75 Å². The maximum Gasteiger partial charge on any atom is 0.352 e. The number of aliphatic carboxylic acids is 1. The van der Waals surface area contributed by atoms with Crippen LogP contribution in [0.4, 0.5) is 0 Å². The molecule has 1 saturated heterocycles. The van der Waals surface area contributed by atoms with Crippen molar-refractivity contribution in [2.75, 3.05) is 5.75 Å². The minimum absolute atomic E-state index is 0.112. The SMILES string of the molecule is CC1=C(C(=O)O)N2C(=O)[C@H](N)C2SC1. The quantitative estimate of drug-likeness (QED) is 0.580. The molecule has 6 heteroatoms. The van der Waals surface area contributed by atoms with Gasteiger partial charge in [-0.2, -0.15) is 0 Å². The first-order chi connectivity index (χ1) is 6.54. The average molecular weight is 214 g/mol. The molecule has 2 rings (SSSR count). The largest absolute Gasteiger partial charge is 0.477 e. The minimum Gasteiger partial charge on any atom is -0.477 e. The molecule has 0 spiro atoms. The fraction of sp³-hybridized carbons (Fsp3) is 0.500. The number of fused-ring (bicyclic) bond motifs is 1. The Labute approximate surface area is 84.9 Å². The van der Waals surface area contributed by atoms with Gasteiger partial charge in [-0.15, -0.1) is 11.8 Å². The second-order valence-electron chi connectivity index (χ2n) is 3.37. The molecular formula is C8H10N2O3S. The van der Waals surface area contributed by atoms with E-state index in [-0.39, 0.29) is 17.0 Å². The lowest BCUT2D eigenvalue weighted by molar-refractivity contribution is -0.147. The summed E-state index contributed by atoms with van der Waals surface area (Å²) in [5, 5.41) is 8.75. The molecule has 0 radical (unpaired) electrons. The number of nitrogens with zero attached hydrogens (tertiary/aromatic N) is 1. The van der Waals surface area contributed by atoms with Crippen molar-refractivity contribution in [1.29, 1.82) is 0 Å². The third-order valence-corrected chi connectivity index (χ3v) is 3.85. The van der Waals surface area contributed by atoms with Crippen molar-refractivity contribution in [2.24, 2.45) is 5.73 Å².